The van der Waals surface area contributed by atoms with Crippen molar-refractivity contribution in [1.29, 1.82) is 0 Å². The fourth-order valence-electron chi connectivity index (χ4n) is 2.99. The van der Waals surface area contributed by atoms with Crippen molar-refractivity contribution in [2.75, 3.05) is 0 Å². The molecule has 6 heteroatoms. The molecule has 0 aliphatic heterocycles. The first-order valence-electron chi connectivity index (χ1n) is 7.06. The number of aromatic nitrogens is 2. The maximum absolute atomic E-state index is 12.9. The van der Waals surface area contributed by atoms with Gasteiger partial charge in [0.25, 0.3) is 0 Å². The third-order valence-corrected chi connectivity index (χ3v) is 4.36. The van der Waals surface area contributed by atoms with Crippen molar-refractivity contribution in [3.8, 4) is 0 Å². The minimum atomic E-state index is -4.49. The summed E-state index contributed by atoms with van der Waals surface area (Å²) in [5, 5.41) is 10.7. The molecule has 0 saturated heterocycles. The molecule has 0 radical (unpaired) electrons. The fourth-order valence-corrected chi connectivity index (χ4v) is 2.99. The van der Waals surface area contributed by atoms with Crippen LogP contribution < -0.4 is 0 Å². The minimum Gasteiger partial charge on any atom is -0.386 e. The van der Waals surface area contributed by atoms with Crippen molar-refractivity contribution >= 4 is 0 Å². The first-order chi connectivity index (χ1) is 10.4. The zero-order valence-corrected chi connectivity index (χ0v) is 11.7. The Kier molecular flexibility index (Phi) is 3.64. The molecule has 2 aromatic rings. The van der Waals surface area contributed by atoms with E-state index in [0.717, 1.165) is 18.7 Å². The van der Waals surface area contributed by atoms with E-state index in [4.69, 9.17) is 0 Å². The van der Waals surface area contributed by atoms with Crippen LogP contribution in [-0.2, 0) is 11.6 Å². The van der Waals surface area contributed by atoms with E-state index < -0.39 is 23.4 Å². The number of rotatable bonds is 3. The van der Waals surface area contributed by atoms with Crippen LogP contribution in [0.15, 0.2) is 42.7 Å². The van der Waals surface area contributed by atoms with Gasteiger partial charge in [-0.2, -0.15) is 13.2 Å². The monoisotopic (exact) mass is 308 g/mol. The van der Waals surface area contributed by atoms with E-state index in [1.807, 2.05) is 0 Å². The second-order valence-electron chi connectivity index (χ2n) is 5.59. The van der Waals surface area contributed by atoms with Crippen molar-refractivity contribution in [2.24, 2.45) is 0 Å². The summed E-state index contributed by atoms with van der Waals surface area (Å²) in [5.74, 6) is 0. The molecule has 1 fully saturated rings. The summed E-state index contributed by atoms with van der Waals surface area (Å²) < 4.78 is 38.6. The zero-order valence-electron chi connectivity index (χ0n) is 11.7. The van der Waals surface area contributed by atoms with Crippen molar-refractivity contribution in [3.63, 3.8) is 0 Å². The minimum absolute atomic E-state index is 0.472. The average molecular weight is 308 g/mol. The highest BCUT2D eigenvalue weighted by Crippen LogP contribution is 2.52. The van der Waals surface area contributed by atoms with Crippen LogP contribution in [0.2, 0.25) is 0 Å². The highest BCUT2D eigenvalue weighted by Gasteiger charge is 2.47. The summed E-state index contributed by atoms with van der Waals surface area (Å²) in [6.07, 6.45) is -0.559. The third kappa shape index (κ3) is 2.47. The van der Waals surface area contributed by atoms with Gasteiger partial charge in [-0.25, -0.2) is 0 Å². The summed E-state index contributed by atoms with van der Waals surface area (Å²) in [7, 11) is 0. The highest BCUT2D eigenvalue weighted by molar-refractivity contribution is 5.33. The summed E-state index contributed by atoms with van der Waals surface area (Å²) in [5.41, 5.74) is -0.687. The van der Waals surface area contributed by atoms with Gasteiger partial charge in [0.2, 0.25) is 0 Å². The Morgan fingerprint density at radius 3 is 2.41 bits per heavy atom. The lowest BCUT2D eigenvalue weighted by atomic mass is 9.60. The molecule has 0 aromatic carbocycles. The van der Waals surface area contributed by atoms with Crippen LogP contribution >= 0.6 is 0 Å². The van der Waals surface area contributed by atoms with Crippen molar-refractivity contribution in [1.82, 2.24) is 9.97 Å². The predicted molar refractivity (Wildman–Crippen MR) is 74.0 cm³/mol. The molecule has 1 aliphatic rings. The van der Waals surface area contributed by atoms with Gasteiger partial charge in [-0.05, 0) is 42.7 Å². The van der Waals surface area contributed by atoms with E-state index in [-0.39, 0.29) is 0 Å². The second kappa shape index (κ2) is 5.35. The number of alkyl halides is 3. The molecule has 22 heavy (non-hydrogen) atoms. The van der Waals surface area contributed by atoms with E-state index in [1.165, 1.54) is 0 Å². The van der Waals surface area contributed by atoms with Gasteiger partial charge in [0, 0.05) is 17.8 Å². The number of pyridine rings is 2. The number of nitrogens with zero attached hydrogens (tertiary/aromatic N) is 2. The van der Waals surface area contributed by atoms with Gasteiger partial charge in [-0.3, -0.25) is 9.97 Å². The Hall–Kier alpha value is -1.95. The Bertz CT molecular complexity index is 654. The third-order valence-electron chi connectivity index (χ3n) is 4.36. The lowest BCUT2D eigenvalue weighted by Crippen LogP contribution is -2.41. The van der Waals surface area contributed by atoms with E-state index in [1.54, 1.807) is 30.5 Å². The number of hydrogen-bond acceptors (Lipinski definition) is 3. The van der Waals surface area contributed by atoms with E-state index in [9.17, 15) is 18.3 Å². The SMILES string of the molecule is O[C@H](c1ccccn1)C1(c2ccnc(C(F)(F)F)c2)CCC1. The summed E-state index contributed by atoms with van der Waals surface area (Å²) >= 11 is 0. The molecule has 2 aromatic heterocycles. The molecule has 0 bridgehead atoms. The maximum Gasteiger partial charge on any atom is 0.433 e. The normalized spacial score (nSPS) is 18.5. The Morgan fingerprint density at radius 2 is 1.86 bits per heavy atom. The molecule has 116 valence electrons. The average Bonchev–Trinajstić information content (AvgIpc) is 2.46. The Morgan fingerprint density at radius 1 is 1.09 bits per heavy atom. The van der Waals surface area contributed by atoms with Crippen LogP contribution in [0, 0.1) is 0 Å². The molecular formula is C16H15F3N2O. The van der Waals surface area contributed by atoms with Gasteiger partial charge in [0.05, 0.1) is 5.69 Å². The van der Waals surface area contributed by atoms with Crippen LogP contribution in [0.5, 0.6) is 0 Å². The first-order valence-corrected chi connectivity index (χ1v) is 7.06. The molecule has 0 spiro atoms. The number of halogens is 3. The van der Waals surface area contributed by atoms with Crippen molar-refractivity contribution < 1.29 is 18.3 Å². The van der Waals surface area contributed by atoms with E-state index in [0.29, 0.717) is 24.1 Å². The van der Waals surface area contributed by atoms with Gasteiger partial charge in [-0.15, -0.1) is 0 Å². The number of aliphatic hydroxyl groups excluding tert-OH is 1. The highest BCUT2D eigenvalue weighted by atomic mass is 19.4. The topological polar surface area (TPSA) is 46.0 Å². The molecule has 1 atom stereocenters. The van der Waals surface area contributed by atoms with E-state index >= 15 is 0 Å². The van der Waals surface area contributed by atoms with E-state index in [2.05, 4.69) is 9.97 Å². The van der Waals surface area contributed by atoms with Gasteiger partial charge in [-0.1, -0.05) is 12.5 Å². The molecule has 0 unspecified atom stereocenters. The molecule has 2 heterocycles. The standard InChI is InChI=1S/C16H15F3N2O/c17-16(18,19)13-10-11(5-9-21-13)15(6-3-7-15)14(22)12-4-1-2-8-20-12/h1-2,4-5,8-10,14,22H,3,6-7H2/t14-/m1/s1. The lowest BCUT2D eigenvalue weighted by molar-refractivity contribution is -0.141. The van der Waals surface area contributed by atoms with Crippen LogP contribution in [0.4, 0.5) is 13.2 Å². The van der Waals surface area contributed by atoms with Gasteiger partial charge >= 0.3 is 6.18 Å². The number of aliphatic hydroxyl groups is 1. The van der Waals surface area contributed by atoms with Crippen molar-refractivity contribution in [2.45, 2.75) is 37.0 Å². The summed E-state index contributed by atoms with van der Waals surface area (Å²) in [6, 6.07) is 7.78. The molecule has 3 rings (SSSR count). The zero-order chi connectivity index (χ0) is 15.8. The van der Waals surface area contributed by atoms with Gasteiger partial charge in [0.15, 0.2) is 0 Å². The molecule has 1 aliphatic carbocycles. The van der Waals surface area contributed by atoms with Crippen LogP contribution in [0.1, 0.15) is 42.3 Å². The molecule has 3 nitrogen and oxygen atoms in total. The quantitative estimate of drug-likeness (QED) is 0.941. The van der Waals surface area contributed by atoms with Crippen LogP contribution in [0.3, 0.4) is 0 Å². The largest absolute Gasteiger partial charge is 0.433 e. The predicted octanol–water partition coefficient (Wildman–Crippen LogP) is 3.65. The summed E-state index contributed by atoms with van der Waals surface area (Å²) in [6.45, 7) is 0. The summed E-state index contributed by atoms with van der Waals surface area (Å²) in [4.78, 5) is 7.53. The smallest absolute Gasteiger partial charge is 0.386 e. The Labute approximate surface area is 125 Å². The number of hydrogen-bond donors (Lipinski definition) is 1. The van der Waals surface area contributed by atoms with Crippen molar-refractivity contribution in [3.05, 3.63) is 59.7 Å². The Balaban J connectivity index is 2.00. The molecule has 1 N–H and O–H groups in total. The second-order valence-corrected chi connectivity index (χ2v) is 5.59. The lowest BCUT2D eigenvalue weighted by Gasteiger charge is -2.45. The molecular weight excluding hydrogens is 293 g/mol. The van der Waals surface area contributed by atoms with Gasteiger partial charge < -0.3 is 5.11 Å². The van der Waals surface area contributed by atoms with Crippen LogP contribution in [-0.4, -0.2) is 15.1 Å². The fraction of sp³-hybridized carbons (Fsp3) is 0.375. The van der Waals surface area contributed by atoms with Crippen LogP contribution in [0.25, 0.3) is 0 Å². The molecule has 1 saturated carbocycles. The molecule has 0 amide bonds. The van der Waals surface area contributed by atoms with Gasteiger partial charge in [0.1, 0.15) is 11.8 Å². The first kappa shape index (κ1) is 15.0. The maximum atomic E-state index is 12.9.